The highest BCUT2D eigenvalue weighted by Gasteiger charge is 2.09. The van der Waals surface area contributed by atoms with Gasteiger partial charge in [0, 0.05) is 11.4 Å². The summed E-state index contributed by atoms with van der Waals surface area (Å²) in [4.78, 5) is 4.66. The van der Waals surface area contributed by atoms with Crippen LogP contribution in [0.3, 0.4) is 0 Å². The van der Waals surface area contributed by atoms with Crippen LogP contribution in [0.15, 0.2) is 30.3 Å². The zero-order chi connectivity index (χ0) is 12.3. The predicted molar refractivity (Wildman–Crippen MR) is 72.9 cm³/mol. The van der Waals surface area contributed by atoms with Gasteiger partial charge in [-0.25, -0.2) is 0 Å². The monoisotopic (exact) mass is 228 g/mol. The van der Waals surface area contributed by atoms with E-state index < -0.39 is 0 Å². The Hall–Kier alpha value is -1.41. The summed E-state index contributed by atoms with van der Waals surface area (Å²) in [5, 5.41) is 1.22. The molecular formula is C15H20N2. The fourth-order valence-corrected chi connectivity index (χ4v) is 2.14. The second-order valence-corrected chi connectivity index (χ2v) is 4.63. The van der Waals surface area contributed by atoms with E-state index in [0.717, 1.165) is 24.1 Å². The Morgan fingerprint density at radius 1 is 1.29 bits per heavy atom. The van der Waals surface area contributed by atoms with Crippen molar-refractivity contribution in [3.05, 3.63) is 41.6 Å². The number of benzene rings is 1. The van der Waals surface area contributed by atoms with Gasteiger partial charge in [-0.1, -0.05) is 38.0 Å². The molecule has 0 aliphatic carbocycles. The van der Waals surface area contributed by atoms with Crippen LogP contribution in [0, 0.1) is 6.92 Å². The standard InChI is InChI=1S/C15H20N2/c1-3-4-8-13(16)15-10-11(2)12-7-5-6-9-14(12)17-15/h5-7,9-10,13H,3-4,8,16H2,1-2H3/t13-/m0/s1. The zero-order valence-corrected chi connectivity index (χ0v) is 10.6. The molecular weight excluding hydrogens is 208 g/mol. The lowest BCUT2D eigenvalue weighted by molar-refractivity contribution is 0.592. The summed E-state index contributed by atoms with van der Waals surface area (Å²) in [5.41, 5.74) is 9.51. The first-order valence-corrected chi connectivity index (χ1v) is 6.34. The predicted octanol–water partition coefficient (Wildman–Crippen LogP) is 3.73. The highest BCUT2D eigenvalue weighted by Crippen LogP contribution is 2.22. The maximum absolute atomic E-state index is 6.18. The van der Waals surface area contributed by atoms with E-state index in [9.17, 15) is 0 Å². The van der Waals surface area contributed by atoms with Crippen LogP contribution in [-0.2, 0) is 0 Å². The number of rotatable bonds is 4. The smallest absolute Gasteiger partial charge is 0.0708 e. The molecule has 0 saturated heterocycles. The average Bonchev–Trinajstić information content (AvgIpc) is 2.36. The first-order valence-electron chi connectivity index (χ1n) is 6.34. The number of nitrogens with zero attached hydrogens (tertiary/aromatic N) is 1. The fraction of sp³-hybridized carbons (Fsp3) is 0.400. The van der Waals surface area contributed by atoms with E-state index in [1.54, 1.807) is 0 Å². The maximum atomic E-state index is 6.18. The van der Waals surface area contributed by atoms with E-state index >= 15 is 0 Å². The Morgan fingerprint density at radius 3 is 2.82 bits per heavy atom. The van der Waals surface area contributed by atoms with E-state index in [0.29, 0.717) is 0 Å². The third-order valence-corrected chi connectivity index (χ3v) is 3.19. The Morgan fingerprint density at radius 2 is 2.06 bits per heavy atom. The molecule has 2 N–H and O–H groups in total. The van der Waals surface area contributed by atoms with Gasteiger partial charge in [0.15, 0.2) is 0 Å². The number of pyridine rings is 1. The van der Waals surface area contributed by atoms with Crippen LogP contribution in [0.5, 0.6) is 0 Å². The summed E-state index contributed by atoms with van der Waals surface area (Å²) in [6.45, 7) is 4.31. The van der Waals surface area contributed by atoms with Crippen LogP contribution in [0.1, 0.15) is 43.5 Å². The fourth-order valence-electron chi connectivity index (χ4n) is 2.14. The van der Waals surface area contributed by atoms with Gasteiger partial charge in [0.2, 0.25) is 0 Å². The maximum Gasteiger partial charge on any atom is 0.0708 e. The normalized spacial score (nSPS) is 12.9. The van der Waals surface area contributed by atoms with Gasteiger partial charge in [-0.3, -0.25) is 4.98 Å². The number of fused-ring (bicyclic) bond motifs is 1. The lowest BCUT2D eigenvalue weighted by Gasteiger charge is -2.12. The Kier molecular flexibility index (Phi) is 3.75. The van der Waals surface area contributed by atoms with Crippen molar-refractivity contribution in [2.24, 2.45) is 5.73 Å². The van der Waals surface area contributed by atoms with Crippen molar-refractivity contribution in [2.75, 3.05) is 0 Å². The third-order valence-electron chi connectivity index (χ3n) is 3.19. The summed E-state index contributed by atoms with van der Waals surface area (Å²) in [7, 11) is 0. The van der Waals surface area contributed by atoms with Gasteiger partial charge in [0.25, 0.3) is 0 Å². The number of nitrogens with two attached hydrogens (primary N) is 1. The Labute approximate surface area is 103 Å². The van der Waals surface area contributed by atoms with E-state index in [4.69, 9.17) is 5.73 Å². The number of aryl methyl sites for hydroxylation is 1. The summed E-state index contributed by atoms with van der Waals surface area (Å²) in [5.74, 6) is 0. The largest absolute Gasteiger partial charge is 0.323 e. The Balaban J connectivity index is 2.36. The number of unbranched alkanes of at least 4 members (excludes halogenated alkanes) is 1. The van der Waals surface area contributed by atoms with Crippen LogP contribution in [0.4, 0.5) is 0 Å². The van der Waals surface area contributed by atoms with Crippen molar-refractivity contribution >= 4 is 10.9 Å². The second-order valence-electron chi connectivity index (χ2n) is 4.63. The lowest BCUT2D eigenvalue weighted by Crippen LogP contribution is -2.12. The molecule has 0 aliphatic heterocycles. The molecule has 0 bridgehead atoms. The number of aromatic nitrogens is 1. The molecule has 0 unspecified atom stereocenters. The summed E-state index contributed by atoms with van der Waals surface area (Å²) >= 11 is 0. The highest BCUT2D eigenvalue weighted by atomic mass is 14.8. The molecule has 2 nitrogen and oxygen atoms in total. The van der Waals surface area contributed by atoms with Crippen LogP contribution in [0.2, 0.25) is 0 Å². The van der Waals surface area contributed by atoms with Gasteiger partial charge in [0.05, 0.1) is 11.2 Å². The molecule has 90 valence electrons. The summed E-state index contributed by atoms with van der Waals surface area (Å²) < 4.78 is 0. The molecule has 0 spiro atoms. The quantitative estimate of drug-likeness (QED) is 0.866. The molecule has 1 atom stereocenters. The van der Waals surface area contributed by atoms with Crippen molar-refractivity contribution < 1.29 is 0 Å². The molecule has 2 heteroatoms. The van der Waals surface area contributed by atoms with Gasteiger partial charge < -0.3 is 5.73 Å². The summed E-state index contributed by atoms with van der Waals surface area (Å²) in [6.07, 6.45) is 3.36. The SMILES string of the molecule is CCCC[C@H](N)c1cc(C)c2ccccc2n1. The lowest BCUT2D eigenvalue weighted by atomic mass is 10.0. The van der Waals surface area contributed by atoms with Gasteiger partial charge >= 0.3 is 0 Å². The number of hydrogen-bond donors (Lipinski definition) is 1. The van der Waals surface area contributed by atoms with Gasteiger partial charge in [-0.2, -0.15) is 0 Å². The van der Waals surface area contributed by atoms with Crippen LogP contribution >= 0.6 is 0 Å². The van der Waals surface area contributed by atoms with Crippen molar-refractivity contribution in [1.29, 1.82) is 0 Å². The van der Waals surface area contributed by atoms with Crippen molar-refractivity contribution in [3.63, 3.8) is 0 Å². The molecule has 0 amide bonds. The average molecular weight is 228 g/mol. The van der Waals surface area contributed by atoms with E-state index in [2.05, 4.69) is 37.0 Å². The van der Waals surface area contributed by atoms with Gasteiger partial charge in [-0.15, -0.1) is 0 Å². The topological polar surface area (TPSA) is 38.9 Å². The molecule has 2 aromatic rings. The molecule has 1 aromatic heterocycles. The number of hydrogen-bond acceptors (Lipinski definition) is 2. The molecule has 17 heavy (non-hydrogen) atoms. The number of para-hydroxylation sites is 1. The minimum absolute atomic E-state index is 0.0678. The second kappa shape index (κ2) is 5.28. The summed E-state index contributed by atoms with van der Waals surface area (Å²) in [6, 6.07) is 10.4. The van der Waals surface area contributed by atoms with Crippen LogP contribution in [-0.4, -0.2) is 4.98 Å². The van der Waals surface area contributed by atoms with E-state index in [-0.39, 0.29) is 6.04 Å². The molecule has 2 rings (SSSR count). The first-order chi connectivity index (χ1) is 8.22. The van der Waals surface area contributed by atoms with Crippen LogP contribution in [0.25, 0.3) is 10.9 Å². The molecule has 1 aromatic carbocycles. The van der Waals surface area contributed by atoms with E-state index in [1.807, 2.05) is 12.1 Å². The Bertz CT molecular complexity index is 505. The van der Waals surface area contributed by atoms with Crippen molar-refractivity contribution in [2.45, 2.75) is 39.2 Å². The van der Waals surface area contributed by atoms with Crippen molar-refractivity contribution in [1.82, 2.24) is 4.98 Å². The third kappa shape index (κ3) is 2.64. The molecule has 0 radical (unpaired) electrons. The highest BCUT2D eigenvalue weighted by molar-refractivity contribution is 5.82. The zero-order valence-electron chi connectivity index (χ0n) is 10.6. The molecule has 0 aliphatic rings. The van der Waals surface area contributed by atoms with Crippen LogP contribution < -0.4 is 5.73 Å². The van der Waals surface area contributed by atoms with Crippen molar-refractivity contribution in [3.8, 4) is 0 Å². The minimum Gasteiger partial charge on any atom is -0.323 e. The van der Waals surface area contributed by atoms with E-state index in [1.165, 1.54) is 17.4 Å². The van der Waals surface area contributed by atoms with Gasteiger partial charge in [0.1, 0.15) is 0 Å². The first kappa shape index (κ1) is 12.1. The molecule has 1 heterocycles. The molecule has 0 fully saturated rings. The van der Waals surface area contributed by atoms with Gasteiger partial charge in [-0.05, 0) is 31.0 Å². The molecule has 0 saturated carbocycles. The minimum atomic E-state index is 0.0678.